The van der Waals surface area contributed by atoms with Crippen LogP contribution in [0.4, 0.5) is 0 Å². The van der Waals surface area contributed by atoms with Gasteiger partial charge < -0.3 is 14.9 Å². The fourth-order valence-electron chi connectivity index (χ4n) is 4.03. The number of aliphatic hydroxyl groups excluding tert-OH is 1. The number of carbonyl (C=O) groups is 2. The van der Waals surface area contributed by atoms with E-state index in [1.54, 1.807) is 19.9 Å². The zero-order chi connectivity index (χ0) is 16.5. The number of ketones is 1. The molecule has 0 bridgehead atoms. The molecule has 0 saturated heterocycles. The molecule has 1 fully saturated rings. The normalized spacial score (nSPS) is 38.9. The smallest absolute Gasteiger partial charge is 0.302 e. The van der Waals surface area contributed by atoms with Crippen molar-refractivity contribution in [1.29, 1.82) is 0 Å². The third kappa shape index (κ3) is 1.72. The molecule has 0 aromatic carbocycles. The highest BCUT2D eigenvalue weighted by Gasteiger charge is 2.66. The van der Waals surface area contributed by atoms with Crippen molar-refractivity contribution in [3.8, 4) is 0 Å². The van der Waals surface area contributed by atoms with Crippen LogP contribution in [-0.4, -0.2) is 40.3 Å². The average Bonchev–Trinajstić information content (AvgIpc) is 3.19. The number of esters is 1. The second kappa shape index (κ2) is 4.30. The Balaban J connectivity index is 2.08. The third-order valence-corrected chi connectivity index (χ3v) is 5.74. The number of carbonyl (C=O) groups excluding carboxylic acids is 2. The van der Waals surface area contributed by atoms with Crippen LogP contribution in [-0.2, 0) is 14.3 Å². The third-order valence-electron chi connectivity index (χ3n) is 5.74. The summed E-state index contributed by atoms with van der Waals surface area (Å²) in [7, 11) is 0. The Labute approximate surface area is 129 Å². The molecule has 0 heterocycles. The van der Waals surface area contributed by atoms with E-state index >= 15 is 0 Å². The van der Waals surface area contributed by atoms with Gasteiger partial charge in [-0.2, -0.15) is 0 Å². The molecule has 22 heavy (non-hydrogen) atoms. The van der Waals surface area contributed by atoms with E-state index in [0.717, 1.165) is 18.4 Å². The SMILES string of the molecule is CC(=O)OCC1(C)C=C2C(=O)C(C)(O)C3(CC3)C(C)=C2C1O. The highest BCUT2D eigenvalue weighted by molar-refractivity contribution is 6.09. The van der Waals surface area contributed by atoms with Gasteiger partial charge in [-0.05, 0) is 39.2 Å². The van der Waals surface area contributed by atoms with Crippen LogP contribution >= 0.6 is 0 Å². The first-order valence-corrected chi connectivity index (χ1v) is 7.60. The van der Waals surface area contributed by atoms with E-state index in [1.165, 1.54) is 6.92 Å². The molecule has 3 unspecified atom stereocenters. The van der Waals surface area contributed by atoms with Gasteiger partial charge in [0.25, 0.3) is 0 Å². The first-order chi connectivity index (χ1) is 10.1. The molecule has 3 atom stereocenters. The summed E-state index contributed by atoms with van der Waals surface area (Å²) in [6, 6.07) is 0. The number of ether oxygens (including phenoxy) is 1. The van der Waals surface area contributed by atoms with Crippen LogP contribution in [0, 0.1) is 10.8 Å². The van der Waals surface area contributed by atoms with E-state index in [9.17, 15) is 19.8 Å². The number of hydrogen-bond donors (Lipinski definition) is 2. The van der Waals surface area contributed by atoms with Gasteiger partial charge in [-0.25, -0.2) is 0 Å². The van der Waals surface area contributed by atoms with Crippen LogP contribution < -0.4 is 0 Å². The maximum absolute atomic E-state index is 12.7. The van der Waals surface area contributed by atoms with E-state index < -0.39 is 28.5 Å². The second-order valence-electron chi connectivity index (χ2n) is 7.27. The Hall–Kier alpha value is -1.46. The molecular weight excluding hydrogens is 284 g/mol. The van der Waals surface area contributed by atoms with Gasteiger partial charge in [0, 0.05) is 17.9 Å². The summed E-state index contributed by atoms with van der Waals surface area (Å²) >= 11 is 0. The molecule has 3 aliphatic rings. The molecule has 3 rings (SSSR count). The van der Waals surface area contributed by atoms with Crippen molar-refractivity contribution in [2.45, 2.75) is 52.2 Å². The highest BCUT2D eigenvalue weighted by atomic mass is 16.5. The molecule has 2 N–H and O–H groups in total. The summed E-state index contributed by atoms with van der Waals surface area (Å²) in [5, 5.41) is 21.5. The van der Waals surface area contributed by atoms with Gasteiger partial charge >= 0.3 is 5.97 Å². The Kier molecular flexibility index (Phi) is 3.01. The topological polar surface area (TPSA) is 83.8 Å². The van der Waals surface area contributed by atoms with Crippen LogP contribution in [0.15, 0.2) is 22.8 Å². The maximum Gasteiger partial charge on any atom is 0.302 e. The quantitative estimate of drug-likeness (QED) is 0.751. The summed E-state index contributed by atoms with van der Waals surface area (Å²) in [6.07, 6.45) is 2.26. The molecule has 5 nitrogen and oxygen atoms in total. The molecule has 0 aromatic heterocycles. The van der Waals surface area contributed by atoms with E-state index in [2.05, 4.69) is 0 Å². The second-order valence-corrected chi connectivity index (χ2v) is 7.27. The zero-order valence-electron chi connectivity index (χ0n) is 13.4. The Bertz CT molecular complexity index is 635. The van der Waals surface area contributed by atoms with Crippen molar-refractivity contribution in [2.75, 3.05) is 6.61 Å². The molecule has 0 aliphatic heterocycles. The van der Waals surface area contributed by atoms with Crippen molar-refractivity contribution < 1.29 is 24.5 Å². The van der Waals surface area contributed by atoms with Crippen LogP contribution in [0.5, 0.6) is 0 Å². The van der Waals surface area contributed by atoms with Gasteiger partial charge in [-0.15, -0.1) is 0 Å². The Morgan fingerprint density at radius 3 is 2.50 bits per heavy atom. The van der Waals surface area contributed by atoms with Gasteiger partial charge in [-0.1, -0.05) is 11.6 Å². The number of fused-ring (bicyclic) bond motifs is 1. The predicted molar refractivity (Wildman–Crippen MR) is 78.8 cm³/mol. The lowest BCUT2D eigenvalue weighted by atomic mass is 9.67. The molecule has 1 spiro atoms. The number of aliphatic hydroxyl groups is 2. The molecule has 3 aliphatic carbocycles. The summed E-state index contributed by atoms with van der Waals surface area (Å²) in [4.78, 5) is 23.8. The molecule has 1 saturated carbocycles. The van der Waals surface area contributed by atoms with Crippen LogP contribution in [0.3, 0.4) is 0 Å². The largest absolute Gasteiger partial charge is 0.465 e. The van der Waals surface area contributed by atoms with E-state index in [-0.39, 0.29) is 12.4 Å². The summed E-state index contributed by atoms with van der Waals surface area (Å²) in [5.41, 5.74) is -0.930. The van der Waals surface area contributed by atoms with Crippen molar-refractivity contribution >= 4 is 11.8 Å². The van der Waals surface area contributed by atoms with Crippen molar-refractivity contribution in [2.24, 2.45) is 10.8 Å². The first kappa shape index (κ1) is 15.4. The van der Waals surface area contributed by atoms with Gasteiger partial charge in [0.05, 0.1) is 11.5 Å². The van der Waals surface area contributed by atoms with Gasteiger partial charge in [0.2, 0.25) is 0 Å². The van der Waals surface area contributed by atoms with Crippen LogP contribution in [0.1, 0.15) is 40.5 Å². The molecule has 0 aromatic rings. The van der Waals surface area contributed by atoms with Gasteiger partial charge in [0.1, 0.15) is 12.2 Å². The lowest BCUT2D eigenvalue weighted by Gasteiger charge is -2.39. The molecule has 120 valence electrons. The fraction of sp³-hybridized carbons (Fsp3) is 0.647. The minimum absolute atomic E-state index is 0.00615. The summed E-state index contributed by atoms with van der Waals surface area (Å²) in [5.74, 6) is -0.763. The minimum atomic E-state index is -1.43. The van der Waals surface area contributed by atoms with Gasteiger partial charge in [-0.3, -0.25) is 9.59 Å². The van der Waals surface area contributed by atoms with Crippen LogP contribution in [0.2, 0.25) is 0 Å². The Morgan fingerprint density at radius 1 is 1.41 bits per heavy atom. The van der Waals surface area contributed by atoms with E-state index in [1.807, 2.05) is 6.92 Å². The Morgan fingerprint density at radius 2 is 2.00 bits per heavy atom. The number of rotatable bonds is 2. The monoisotopic (exact) mass is 306 g/mol. The standard InChI is InChI=1S/C17H22O5/c1-9-12-11(13(19)16(4,21)17(9)5-6-17)7-15(3,14(12)20)8-22-10(2)18/h7,14,20-21H,5-6,8H2,1-4H3. The molecule has 5 heteroatoms. The number of Topliss-reactive ketones (excluding diaryl/α,β-unsaturated/α-hetero) is 1. The summed E-state index contributed by atoms with van der Waals surface area (Å²) in [6.45, 7) is 6.53. The van der Waals surface area contributed by atoms with Crippen molar-refractivity contribution in [1.82, 2.24) is 0 Å². The molecule has 0 radical (unpaired) electrons. The van der Waals surface area contributed by atoms with Gasteiger partial charge in [0.15, 0.2) is 5.78 Å². The average molecular weight is 306 g/mol. The molecular formula is C17H22O5. The lowest BCUT2D eigenvalue weighted by Crippen LogP contribution is -2.50. The summed E-state index contributed by atoms with van der Waals surface area (Å²) < 4.78 is 5.06. The molecule has 0 amide bonds. The van der Waals surface area contributed by atoms with E-state index in [4.69, 9.17) is 4.74 Å². The van der Waals surface area contributed by atoms with Crippen LogP contribution in [0.25, 0.3) is 0 Å². The zero-order valence-corrected chi connectivity index (χ0v) is 13.4. The van der Waals surface area contributed by atoms with E-state index in [0.29, 0.717) is 11.1 Å². The van der Waals surface area contributed by atoms with Crippen molar-refractivity contribution in [3.05, 3.63) is 22.8 Å². The maximum atomic E-state index is 12.7. The predicted octanol–water partition coefficient (Wildman–Crippen LogP) is 1.29. The highest BCUT2D eigenvalue weighted by Crippen LogP contribution is 2.65. The fourth-order valence-corrected chi connectivity index (χ4v) is 4.03. The first-order valence-electron chi connectivity index (χ1n) is 7.60. The van der Waals surface area contributed by atoms with Crippen molar-refractivity contribution in [3.63, 3.8) is 0 Å². The minimum Gasteiger partial charge on any atom is -0.465 e. The number of hydrogen-bond acceptors (Lipinski definition) is 5. The lowest BCUT2D eigenvalue weighted by molar-refractivity contribution is -0.144.